The number of alkyl halides is 5. The van der Waals surface area contributed by atoms with Crippen molar-refractivity contribution in [3.63, 3.8) is 0 Å². The number of nitrogens with one attached hydrogen (secondary N) is 2. The third-order valence-electron chi connectivity index (χ3n) is 9.56. The number of pyridine rings is 1. The molecule has 0 amide bonds. The molecule has 246 valence electrons. The molecule has 0 radical (unpaired) electrons. The van der Waals surface area contributed by atoms with Gasteiger partial charge in [0.2, 0.25) is 0 Å². The summed E-state index contributed by atoms with van der Waals surface area (Å²) in [5.41, 5.74) is -4.63. The smallest absolute Gasteiger partial charge is 0.418 e. The number of aliphatic imine (C=N–C) groups is 1. The van der Waals surface area contributed by atoms with Gasteiger partial charge in [-0.15, -0.1) is 0 Å². The van der Waals surface area contributed by atoms with E-state index in [0.717, 1.165) is 19.3 Å². The molecule has 0 saturated carbocycles. The van der Waals surface area contributed by atoms with Gasteiger partial charge in [-0.05, 0) is 57.2 Å². The Balaban J connectivity index is 1.38. The Morgan fingerprint density at radius 3 is 2.63 bits per heavy atom. The minimum atomic E-state index is -5.06. The van der Waals surface area contributed by atoms with Crippen LogP contribution in [-0.2, 0) is 10.9 Å². The highest BCUT2D eigenvalue weighted by Gasteiger charge is 2.52. The maximum atomic E-state index is 17.0. The maximum Gasteiger partial charge on any atom is 0.418 e. The van der Waals surface area contributed by atoms with Gasteiger partial charge in [0.15, 0.2) is 5.82 Å². The summed E-state index contributed by atoms with van der Waals surface area (Å²) in [4.78, 5) is 12.3. The summed E-state index contributed by atoms with van der Waals surface area (Å²) in [7, 11) is 0. The van der Waals surface area contributed by atoms with Gasteiger partial charge in [-0.3, -0.25) is 4.90 Å². The molecule has 6 heterocycles. The van der Waals surface area contributed by atoms with Crippen LogP contribution in [0.5, 0.6) is 5.75 Å². The van der Waals surface area contributed by atoms with E-state index in [1.807, 2.05) is 4.90 Å². The Hall–Kier alpha value is -3.25. The van der Waals surface area contributed by atoms with Crippen molar-refractivity contribution in [2.24, 2.45) is 4.99 Å². The SMILES string of the molecule is CC#Cc1nc(-c2cc(O)cc(Cl)c2C(F)(F)F)c(F)c2c1C(N1C[C@H]3CC[C@@H](C1)N3)=NC(F)(OC[C@@]13CCCN1C[C@H](F)C3)N2. The van der Waals surface area contributed by atoms with Crippen LogP contribution in [0, 0.1) is 17.7 Å². The van der Waals surface area contributed by atoms with E-state index in [2.05, 4.69) is 32.5 Å². The molecule has 0 aliphatic carbocycles. The van der Waals surface area contributed by atoms with E-state index in [1.165, 1.54) is 6.92 Å². The summed E-state index contributed by atoms with van der Waals surface area (Å²) < 4.78 is 96.6. The molecule has 2 bridgehead atoms. The lowest BCUT2D eigenvalue weighted by Gasteiger charge is -2.40. The zero-order valence-corrected chi connectivity index (χ0v) is 25.5. The zero-order chi connectivity index (χ0) is 32.6. The summed E-state index contributed by atoms with van der Waals surface area (Å²) in [6.45, 7) is 2.85. The Morgan fingerprint density at radius 2 is 1.93 bits per heavy atom. The number of halogens is 7. The highest BCUT2D eigenvalue weighted by atomic mass is 35.5. The van der Waals surface area contributed by atoms with Crippen LogP contribution in [0.3, 0.4) is 0 Å². The van der Waals surface area contributed by atoms with Crippen molar-refractivity contribution in [2.75, 3.05) is 38.1 Å². The van der Waals surface area contributed by atoms with Crippen LogP contribution in [0.1, 0.15) is 55.8 Å². The first-order valence-electron chi connectivity index (χ1n) is 15.2. The normalized spacial score (nSPS) is 30.4. The van der Waals surface area contributed by atoms with E-state index in [1.54, 1.807) is 4.90 Å². The Morgan fingerprint density at radius 1 is 1.20 bits per heavy atom. The summed E-state index contributed by atoms with van der Waals surface area (Å²) in [6.07, 6.45) is -5.99. The van der Waals surface area contributed by atoms with E-state index in [0.29, 0.717) is 38.2 Å². The second-order valence-electron chi connectivity index (χ2n) is 12.6. The average Bonchev–Trinajstić information content (AvgIpc) is 3.62. The van der Waals surface area contributed by atoms with Gasteiger partial charge in [0.1, 0.15) is 29.1 Å². The molecule has 4 saturated heterocycles. The second-order valence-corrected chi connectivity index (χ2v) is 13.0. The molecule has 8 nitrogen and oxygen atoms in total. The number of hydrogen-bond donors (Lipinski definition) is 3. The lowest BCUT2D eigenvalue weighted by Crippen LogP contribution is -2.56. The van der Waals surface area contributed by atoms with Crippen LogP contribution >= 0.6 is 11.6 Å². The fraction of sp³-hybridized carbons (Fsp3) is 0.548. The number of benzene rings is 1. The highest BCUT2D eigenvalue weighted by molar-refractivity contribution is 6.32. The number of anilines is 1. The first-order valence-corrected chi connectivity index (χ1v) is 15.5. The standard InChI is InChI=1S/C31H31ClF6N6O2/c1-2-4-22-23-27(25(34)26(40-22)20-9-19(45)10-21(32)24(20)30(35,36)37)41-31(38,42-28(23)43-13-17-5-6-18(14-43)39-17)46-15-29-7-3-8-44(29)12-16(33)11-29/h9-10,16-18,39,41,45H,3,5-8,11-15H2,1H3/t16-,17-,18+,29+,31?/m1/s1. The molecule has 1 aromatic heterocycles. The third-order valence-corrected chi connectivity index (χ3v) is 9.85. The van der Waals surface area contributed by atoms with E-state index >= 15 is 8.78 Å². The van der Waals surface area contributed by atoms with Crippen LogP contribution in [0.4, 0.5) is 32.0 Å². The number of aromatic nitrogens is 1. The Kier molecular flexibility index (Phi) is 7.62. The van der Waals surface area contributed by atoms with Crippen molar-refractivity contribution in [3.8, 4) is 28.8 Å². The molecule has 0 spiro atoms. The predicted molar refractivity (Wildman–Crippen MR) is 158 cm³/mol. The van der Waals surface area contributed by atoms with E-state index in [4.69, 9.17) is 16.3 Å². The van der Waals surface area contributed by atoms with Crippen LogP contribution in [0.15, 0.2) is 17.1 Å². The molecule has 5 atom stereocenters. The summed E-state index contributed by atoms with van der Waals surface area (Å²) in [6, 6.07) is 1.50. The molecule has 2 aromatic rings. The Labute approximate surface area is 266 Å². The number of nitrogens with zero attached hydrogens (tertiary/aromatic N) is 4. The monoisotopic (exact) mass is 668 g/mol. The topological polar surface area (TPSA) is 85.2 Å². The van der Waals surface area contributed by atoms with Crippen molar-refractivity contribution in [1.29, 1.82) is 0 Å². The van der Waals surface area contributed by atoms with Crippen LogP contribution < -0.4 is 10.6 Å². The largest absolute Gasteiger partial charge is 0.508 e. The van der Waals surface area contributed by atoms with E-state index in [-0.39, 0.29) is 48.7 Å². The van der Waals surface area contributed by atoms with Crippen molar-refractivity contribution >= 4 is 23.1 Å². The number of likely N-dealkylation sites (tertiary alicyclic amines) is 1. The van der Waals surface area contributed by atoms with Crippen LogP contribution in [0.2, 0.25) is 5.02 Å². The number of aromatic hydroxyl groups is 1. The molecule has 4 fully saturated rings. The molecule has 46 heavy (non-hydrogen) atoms. The number of piperazine rings is 1. The fourth-order valence-electron chi connectivity index (χ4n) is 7.67. The van der Waals surface area contributed by atoms with E-state index in [9.17, 15) is 22.7 Å². The molecule has 1 unspecified atom stereocenters. The molecular weight excluding hydrogens is 638 g/mol. The van der Waals surface area contributed by atoms with Gasteiger partial charge in [0, 0.05) is 49.2 Å². The van der Waals surface area contributed by atoms with Crippen molar-refractivity contribution in [1.82, 2.24) is 20.1 Å². The summed E-state index contributed by atoms with van der Waals surface area (Å²) in [5.74, 6) is 3.37. The first kappa shape index (κ1) is 31.4. The number of amidine groups is 1. The summed E-state index contributed by atoms with van der Waals surface area (Å²) >= 11 is 5.91. The zero-order valence-electron chi connectivity index (χ0n) is 24.7. The number of ether oxygens (including phenoxy) is 1. The highest BCUT2D eigenvalue weighted by Crippen LogP contribution is 2.47. The number of phenolic OH excluding ortho intramolecular Hbond substituents is 1. The molecule has 15 heteroatoms. The number of phenols is 1. The fourth-order valence-corrected chi connectivity index (χ4v) is 7.99. The number of fused-ring (bicyclic) bond motifs is 4. The molecular formula is C31H31ClF6N6O2. The maximum absolute atomic E-state index is 17.0. The van der Waals surface area contributed by atoms with Gasteiger partial charge in [0.25, 0.3) is 0 Å². The second kappa shape index (κ2) is 11.2. The van der Waals surface area contributed by atoms with Crippen molar-refractivity contribution in [3.05, 3.63) is 39.8 Å². The molecule has 1 aromatic carbocycles. The van der Waals surface area contributed by atoms with Crippen molar-refractivity contribution < 1.29 is 36.2 Å². The molecule has 3 N–H and O–H groups in total. The third kappa shape index (κ3) is 5.35. The minimum absolute atomic E-state index is 0.00842. The average molecular weight is 669 g/mol. The lowest BCUT2D eigenvalue weighted by atomic mass is 9.95. The quantitative estimate of drug-likeness (QED) is 0.228. The van der Waals surface area contributed by atoms with E-state index < -0.39 is 63.1 Å². The van der Waals surface area contributed by atoms with Gasteiger partial charge in [0.05, 0.1) is 28.4 Å². The first-order chi connectivity index (χ1) is 21.8. The molecule has 5 aliphatic rings. The van der Waals surface area contributed by atoms with Gasteiger partial charge >= 0.3 is 12.3 Å². The number of hydrogen-bond acceptors (Lipinski definition) is 8. The number of rotatable bonds is 4. The molecule has 5 aliphatic heterocycles. The molecule has 7 rings (SSSR count). The van der Waals surface area contributed by atoms with Crippen LogP contribution in [0.25, 0.3) is 11.3 Å². The van der Waals surface area contributed by atoms with Gasteiger partial charge in [-0.1, -0.05) is 17.5 Å². The summed E-state index contributed by atoms with van der Waals surface area (Å²) in [5, 5.41) is 15.1. The van der Waals surface area contributed by atoms with Crippen LogP contribution in [-0.4, -0.2) is 88.4 Å². The van der Waals surface area contributed by atoms with Gasteiger partial charge < -0.3 is 25.4 Å². The predicted octanol–water partition coefficient (Wildman–Crippen LogP) is 5.42. The van der Waals surface area contributed by atoms with Gasteiger partial charge in [-0.2, -0.15) is 22.6 Å². The lowest BCUT2D eigenvalue weighted by molar-refractivity contribution is -0.142. The minimum Gasteiger partial charge on any atom is -0.508 e. The Bertz CT molecular complexity index is 1670. The van der Waals surface area contributed by atoms with Gasteiger partial charge in [-0.25, -0.2) is 13.8 Å². The van der Waals surface area contributed by atoms with Crippen molar-refractivity contribution in [2.45, 2.75) is 75.1 Å².